The first-order valence-corrected chi connectivity index (χ1v) is 4.36. The maximum atomic E-state index is 13.3. The van der Waals surface area contributed by atoms with Gasteiger partial charge in [-0.25, -0.2) is 8.78 Å². The van der Waals surface area contributed by atoms with Crippen molar-refractivity contribution in [3.05, 3.63) is 34.4 Å². The topological polar surface area (TPSA) is 29.5 Å². The van der Waals surface area contributed by atoms with E-state index in [2.05, 4.69) is 0 Å². The lowest BCUT2D eigenvalue weighted by molar-refractivity contribution is -0.186. The fourth-order valence-corrected chi connectivity index (χ4v) is 1.48. The van der Waals surface area contributed by atoms with Crippen LogP contribution in [0.5, 0.6) is 0 Å². The molecule has 0 aromatic heterocycles. The molecule has 0 aliphatic carbocycles. The van der Waals surface area contributed by atoms with Crippen LogP contribution in [0.3, 0.4) is 0 Å². The maximum Gasteiger partial charge on any atom is 0.177 e. The molecule has 2 rings (SSSR count). The summed E-state index contributed by atoms with van der Waals surface area (Å²) in [5.41, 5.74) is -1.51. The summed E-state index contributed by atoms with van der Waals surface area (Å²) in [6.07, 6.45) is 0. The summed E-state index contributed by atoms with van der Waals surface area (Å²) in [7, 11) is 0. The van der Waals surface area contributed by atoms with E-state index in [1.165, 1.54) is 12.1 Å². The average Bonchev–Trinajstić information content (AvgIpc) is 2.11. The molecule has 0 unspecified atom stereocenters. The van der Waals surface area contributed by atoms with E-state index in [1.54, 1.807) is 0 Å². The fraction of sp³-hybridized carbons (Fsp3) is 0.333. The number of benzene rings is 1. The van der Waals surface area contributed by atoms with Crippen molar-refractivity contribution in [1.29, 1.82) is 0 Å². The summed E-state index contributed by atoms with van der Waals surface area (Å²) in [6, 6.07) is 2.48. The molecule has 14 heavy (non-hydrogen) atoms. The smallest absolute Gasteiger partial charge is 0.177 e. The van der Waals surface area contributed by atoms with E-state index in [0.29, 0.717) is 0 Å². The molecular formula is C9H7ClF2O2. The zero-order valence-electron chi connectivity index (χ0n) is 7.06. The van der Waals surface area contributed by atoms with Crippen LogP contribution in [0.1, 0.15) is 5.56 Å². The molecule has 1 aliphatic rings. The Morgan fingerprint density at radius 2 is 1.93 bits per heavy atom. The fourth-order valence-electron chi connectivity index (χ4n) is 1.34. The Balaban J connectivity index is 2.49. The molecule has 5 heteroatoms. The Morgan fingerprint density at radius 1 is 1.29 bits per heavy atom. The zero-order valence-corrected chi connectivity index (χ0v) is 7.81. The Labute approximate surface area is 84.1 Å². The lowest BCUT2D eigenvalue weighted by Crippen LogP contribution is -2.47. The lowest BCUT2D eigenvalue weighted by atomic mass is 9.91. The first-order valence-electron chi connectivity index (χ1n) is 3.99. The van der Waals surface area contributed by atoms with Crippen LogP contribution in [0.4, 0.5) is 8.78 Å². The normalized spacial score (nSPS) is 19.1. The van der Waals surface area contributed by atoms with Gasteiger partial charge in [0.2, 0.25) is 0 Å². The van der Waals surface area contributed by atoms with E-state index in [-0.39, 0.29) is 23.8 Å². The summed E-state index contributed by atoms with van der Waals surface area (Å²) >= 11 is 5.37. The van der Waals surface area contributed by atoms with Gasteiger partial charge in [0, 0.05) is 5.56 Å². The van der Waals surface area contributed by atoms with Crippen LogP contribution in [0.15, 0.2) is 12.1 Å². The maximum absolute atomic E-state index is 13.3. The molecule has 1 heterocycles. The van der Waals surface area contributed by atoms with E-state index in [9.17, 15) is 13.9 Å². The molecule has 0 saturated carbocycles. The molecular weight excluding hydrogens is 214 g/mol. The predicted octanol–water partition coefficient (Wildman–Crippen LogP) is 1.84. The second kappa shape index (κ2) is 3.15. The molecule has 0 bridgehead atoms. The molecule has 0 atom stereocenters. The van der Waals surface area contributed by atoms with Gasteiger partial charge in [-0.1, -0.05) is 17.7 Å². The third-order valence-corrected chi connectivity index (χ3v) is 2.51. The van der Waals surface area contributed by atoms with Crippen LogP contribution in [-0.2, 0) is 10.3 Å². The van der Waals surface area contributed by atoms with Crippen LogP contribution in [0, 0.1) is 11.6 Å². The molecule has 1 saturated heterocycles. The van der Waals surface area contributed by atoms with Crippen LogP contribution < -0.4 is 0 Å². The largest absolute Gasteiger partial charge is 0.380 e. The standard InChI is InChI=1S/C9H7ClF2O2/c10-6-2-1-5(7(11)8(6)12)9(13)3-14-4-9/h1-2,13H,3-4H2. The number of aliphatic hydroxyl groups is 1. The minimum absolute atomic E-state index is 0.0228. The first kappa shape index (κ1) is 9.83. The molecule has 76 valence electrons. The average molecular weight is 221 g/mol. The molecule has 0 amide bonds. The molecule has 1 N–H and O–H groups in total. The van der Waals surface area contributed by atoms with Crippen LogP contribution >= 0.6 is 11.6 Å². The van der Waals surface area contributed by atoms with Gasteiger partial charge in [-0.05, 0) is 6.07 Å². The van der Waals surface area contributed by atoms with Crippen molar-refractivity contribution in [3.8, 4) is 0 Å². The van der Waals surface area contributed by atoms with Gasteiger partial charge in [0.25, 0.3) is 0 Å². The summed E-state index contributed by atoms with van der Waals surface area (Å²) in [4.78, 5) is 0. The number of rotatable bonds is 1. The highest BCUT2D eigenvalue weighted by Gasteiger charge is 2.41. The van der Waals surface area contributed by atoms with E-state index in [0.717, 1.165) is 0 Å². The highest BCUT2D eigenvalue weighted by atomic mass is 35.5. The van der Waals surface area contributed by atoms with E-state index < -0.39 is 17.2 Å². The third-order valence-electron chi connectivity index (χ3n) is 2.22. The Morgan fingerprint density at radius 3 is 2.43 bits per heavy atom. The van der Waals surface area contributed by atoms with Gasteiger partial charge in [0.1, 0.15) is 5.60 Å². The summed E-state index contributed by atoms with van der Waals surface area (Å²) in [6.45, 7) is -0.0457. The van der Waals surface area contributed by atoms with Gasteiger partial charge in [-0.15, -0.1) is 0 Å². The summed E-state index contributed by atoms with van der Waals surface area (Å²) in [5.74, 6) is -2.24. The third kappa shape index (κ3) is 1.30. The van der Waals surface area contributed by atoms with Gasteiger partial charge < -0.3 is 9.84 Å². The summed E-state index contributed by atoms with van der Waals surface area (Å²) < 4.78 is 31.1. The number of halogens is 3. The van der Waals surface area contributed by atoms with Crippen molar-refractivity contribution < 1.29 is 18.6 Å². The molecule has 1 fully saturated rings. The van der Waals surface area contributed by atoms with Crippen LogP contribution in [-0.4, -0.2) is 18.3 Å². The van der Waals surface area contributed by atoms with E-state index in [4.69, 9.17) is 16.3 Å². The molecule has 0 radical (unpaired) electrons. The second-order valence-electron chi connectivity index (χ2n) is 3.25. The van der Waals surface area contributed by atoms with Crippen molar-refractivity contribution in [2.24, 2.45) is 0 Å². The van der Waals surface area contributed by atoms with Gasteiger partial charge in [0.15, 0.2) is 11.6 Å². The molecule has 2 nitrogen and oxygen atoms in total. The minimum atomic E-state index is -1.41. The lowest BCUT2D eigenvalue weighted by Gasteiger charge is -2.36. The SMILES string of the molecule is OC1(c2ccc(Cl)c(F)c2F)COC1. The van der Waals surface area contributed by atoms with Crippen molar-refractivity contribution >= 4 is 11.6 Å². The van der Waals surface area contributed by atoms with Gasteiger partial charge in [-0.3, -0.25) is 0 Å². The van der Waals surface area contributed by atoms with Crippen molar-refractivity contribution in [2.75, 3.05) is 13.2 Å². The first-order chi connectivity index (χ1) is 6.54. The van der Waals surface area contributed by atoms with Crippen molar-refractivity contribution in [3.63, 3.8) is 0 Å². The van der Waals surface area contributed by atoms with Gasteiger partial charge in [0.05, 0.1) is 18.2 Å². The van der Waals surface area contributed by atoms with Crippen molar-refractivity contribution in [2.45, 2.75) is 5.60 Å². The van der Waals surface area contributed by atoms with Crippen LogP contribution in [0.25, 0.3) is 0 Å². The number of hydrogen-bond acceptors (Lipinski definition) is 2. The van der Waals surface area contributed by atoms with E-state index >= 15 is 0 Å². The monoisotopic (exact) mass is 220 g/mol. The highest BCUT2D eigenvalue weighted by Crippen LogP contribution is 2.33. The quantitative estimate of drug-likeness (QED) is 0.732. The highest BCUT2D eigenvalue weighted by molar-refractivity contribution is 6.30. The molecule has 1 aromatic rings. The minimum Gasteiger partial charge on any atom is -0.380 e. The summed E-state index contributed by atoms with van der Waals surface area (Å²) in [5, 5.41) is 9.41. The van der Waals surface area contributed by atoms with Crippen molar-refractivity contribution in [1.82, 2.24) is 0 Å². The Kier molecular flexibility index (Phi) is 2.21. The number of hydrogen-bond donors (Lipinski definition) is 1. The predicted molar refractivity (Wildman–Crippen MR) is 46.1 cm³/mol. The van der Waals surface area contributed by atoms with Gasteiger partial charge in [-0.2, -0.15) is 0 Å². The van der Waals surface area contributed by atoms with Crippen LogP contribution in [0.2, 0.25) is 5.02 Å². The second-order valence-corrected chi connectivity index (χ2v) is 3.65. The zero-order chi connectivity index (χ0) is 10.3. The van der Waals surface area contributed by atoms with Gasteiger partial charge >= 0.3 is 0 Å². The Hall–Kier alpha value is -0.710. The Bertz CT molecular complexity index is 377. The number of ether oxygens (including phenoxy) is 1. The van der Waals surface area contributed by atoms with E-state index in [1.807, 2.05) is 0 Å². The molecule has 1 aromatic carbocycles. The molecule has 0 spiro atoms. The molecule has 1 aliphatic heterocycles.